The summed E-state index contributed by atoms with van der Waals surface area (Å²) in [7, 11) is 0. The molecule has 1 aliphatic carbocycles. The van der Waals surface area contributed by atoms with Crippen LogP contribution in [0.2, 0.25) is 0 Å². The highest BCUT2D eigenvalue weighted by molar-refractivity contribution is 5.84. The summed E-state index contributed by atoms with van der Waals surface area (Å²) >= 11 is 0. The maximum absolute atomic E-state index is 13.2. The maximum Gasteiger partial charge on any atom is 0.255 e. The molecule has 0 radical (unpaired) electrons. The highest BCUT2D eigenvalue weighted by atomic mass is 19.1. The zero-order valence-corrected chi connectivity index (χ0v) is 6.66. The van der Waals surface area contributed by atoms with Gasteiger partial charge in [-0.3, -0.25) is 4.79 Å². The van der Waals surface area contributed by atoms with Gasteiger partial charge in [-0.05, 0) is 18.8 Å². The van der Waals surface area contributed by atoms with Gasteiger partial charge in [-0.1, -0.05) is 0 Å². The third-order valence-electron chi connectivity index (χ3n) is 2.74. The number of amides is 1. The Hall–Kier alpha value is -0.640. The molecule has 12 heavy (non-hydrogen) atoms. The zero-order chi connectivity index (χ0) is 8.72. The molecule has 0 aromatic heterocycles. The van der Waals surface area contributed by atoms with Crippen LogP contribution in [0, 0.1) is 11.8 Å². The molecular weight excluding hydrogens is 161 g/mol. The van der Waals surface area contributed by atoms with Crippen molar-refractivity contribution in [1.82, 2.24) is 5.32 Å². The van der Waals surface area contributed by atoms with E-state index in [1.807, 2.05) is 0 Å². The van der Waals surface area contributed by atoms with Crippen LogP contribution in [0.25, 0.3) is 0 Å². The Kier molecular flexibility index (Phi) is 1.79. The third-order valence-corrected chi connectivity index (χ3v) is 2.74. The summed E-state index contributed by atoms with van der Waals surface area (Å²) in [6.07, 6.45) is 0.599. The predicted octanol–water partition coefficient (Wildman–Crippen LogP) is -0.159. The van der Waals surface area contributed by atoms with Gasteiger partial charge in [-0.25, -0.2) is 4.39 Å². The number of hydrogen-bond donors (Lipinski definition) is 2. The van der Waals surface area contributed by atoms with Crippen LogP contribution < -0.4 is 5.32 Å². The minimum absolute atomic E-state index is 0.146. The van der Waals surface area contributed by atoms with E-state index in [0.29, 0.717) is 5.92 Å². The standard InChI is InChI=1S/C8H12FNO2/c9-7-6(4-1-2-4)5(3-11)10-8(7)12/h4-7,11H,1-3H2,(H,10,12). The fourth-order valence-corrected chi connectivity index (χ4v) is 1.95. The summed E-state index contributed by atoms with van der Waals surface area (Å²) in [6, 6.07) is -0.347. The molecule has 3 unspecified atom stereocenters. The normalized spacial score (nSPS) is 41.5. The molecule has 2 rings (SSSR count). The number of hydrogen-bond acceptors (Lipinski definition) is 2. The van der Waals surface area contributed by atoms with E-state index in [1.54, 1.807) is 0 Å². The molecule has 2 N–H and O–H groups in total. The Labute approximate surface area is 70.0 Å². The first-order valence-electron chi connectivity index (χ1n) is 4.29. The van der Waals surface area contributed by atoms with Gasteiger partial charge in [0.1, 0.15) is 0 Å². The Balaban J connectivity index is 2.10. The molecular formula is C8H12FNO2. The molecule has 1 amide bonds. The van der Waals surface area contributed by atoms with E-state index < -0.39 is 12.1 Å². The first-order valence-corrected chi connectivity index (χ1v) is 4.29. The van der Waals surface area contributed by atoms with Crippen LogP contribution >= 0.6 is 0 Å². The van der Waals surface area contributed by atoms with Crippen LogP contribution in [-0.4, -0.2) is 29.8 Å². The van der Waals surface area contributed by atoms with E-state index in [2.05, 4.69) is 5.32 Å². The lowest BCUT2D eigenvalue weighted by atomic mass is 9.94. The van der Waals surface area contributed by atoms with Crippen molar-refractivity contribution >= 4 is 5.91 Å². The van der Waals surface area contributed by atoms with E-state index in [1.165, 1.54) is 0 Å². The largest absolute Gasteiger partial charge is 0.394 e. The Morgan fingerprint density at radius 2 is 2.25 bits per heavy atom. The third kappa shape index (κ3) is 1.10. The molecule has 2 aliphatic rings. The lowest BCUT2D eigenvalue weighted by Crippen LogP contribution is -2.33. The molecule has 1 heterocycles. The number of halogens is 1. The smallest absolute Gasteiger partial charge is 0.255 e. The maximum atomic E-state index is 13.2. The number of rotatable bonds is 2. The molecule has 4 heteroatoms. The van der Waals surface area contributed by atoms with Gasteiger partial charge in [0, 0.05) is 5.92 Å². The second-order valence-electron chi connectivity index (χ2n) is 3.61. The van der Waals surface area contributed by atoms with Crippen LogP contribution in [0.4, 0.5) is 4.39 Å². The van der Waals surface area contributed by atoms with Crippen molar-refractivity contribution in [2.24, 2.45) is 11.8 Å². The van der Waals surface area contributed by atoms with E-state index in [4.69, 9.17) is 5.11 Å². The highest BCUT2D eigenvalue weighted by Gasteiger charge is 2.49. The average Bonchev–Trinajstić information content (AvgIpc) is 2.82. The zero-order valence-electron chi connectivity index (χ0n) is 6.66. The van der Waals surface area contributed by atoms with Gasteiger partial charge >= 0.3 is 0 Å². The lowest BCUT2D eigenvalue weighted by Gasteiger charge is -2.15. The second kappa shape index (κ2) is 2.69. The molecule has 0 aromatic rings. The molecule has 1 saturated carbocycles. The molecule has 0 aromatic carbocycles. The summed E-state index contributed by atoms with van der Waals surface area (Å²) in [6.45, 7) is -0.146. The number of nitrogens with one attached hydrogen (secondary N) is 1. The molecule has 3 nitrogen and oxygen atoms in total. The first kappa shape index (κ1) is 7.98. The number of aliphatic hydroxyl groups excluding tert-OH is 1. The average molecular weight is 173 g/mol. The Morgan fingerprint density at radius 3 is 2.75 bits per heavy atom. The van der Waals surface area contributed by atoms with Gasteiger partial charge in [-0.15, -0.1) is 0 Å². The highest BCUT2D eigenvalue weighted by Crippen LogP contribution is 2.43. The van der Waals surface area contributed by atoms with Gasteiger partial charge < -0.3 is 10.4 Å². The summed E-state index contributed by atoms with van der Waals surface area (Å²) < 4.78 is 13.2. The minimum atomic E-state index is -1.39. The Morgan fingerprint density at radius 1 is 1.58 bits per heavy atom. The van der Waals surface area contributed by atoms with Gasteiger partial charge in [0.2, 0.25) is 0 Å². The van der Waals surface area contributed by atoms with Crippen molar-refractivity contribution in [3.05, 3.63) is 0 Å². The molecule has 1 aliphatic heterocycles. The lowest BCUT2D eigenvalue weighted by molar-refractivity contribution is -0.124. The van der Waals surface area contributed by atoms with Crippen LogP contribution in [0.3, 0.4) is 0 Å². The Bertz CT molecular complexity index is 205. The van der Waals surface area contributed by atoms with Gasteiger partial charge in [0.15, 0.2) is 6.17 Å². The van der Waals surface area contributed by atoms with E-state index in [9.17, 15) is 9.18 Å². The van der Waals surface area contributed by atoms with E-state index in [-0.39, 0.29) is 18.6 Å². The molecule has 2 fully saturated rings. The van der Waals surface area contributed by atoms with Crippen molar-refractivity contribution in [2.45, 2.75) is 25.1 Å². The SMILES string of the molecule is O=C1NC(CO)C(C2CC2)C1F. The van der Waals surface area contributed by atoms with Crippen LogP contribution in [-0.2, 0) is 4.79 Å². The second-order valence-corrected chi connectivity index (χ2v) is 3.61. The summed E-state index contributed by atoms with van der Waals surface area (Å²) in [4.78, 5) is 10.9. The van der Waals surface area contributed by atoms with Crippen molar-refractivity contribution in [3.63, 3.8) is 0 Å². The van der Waals surface area contributed by atoms with Crippen molar-refractivity contribution in [1.29, 1.82) is 0 Å². The number of aliphatic hydroxyl groups is 1. The van der Waals surface area contributed by atoms with Crippen molar-refractivity contribution in [2.75, 3.05) is 6.61 Å². The van der Waals surface area contributed by atoms with Crippen LogP contribution in [0.1, 0.15) is 12.8 Å². The number of carbonyl (C=O) groups is 1. The topological polar surface area (TPSA) is 49.3 Å². The molecule has 0 spiro atoms. The van der Waals surface area contributed by atoms with E-state index in [0.717, 1.165) is 12.8 Å². The monoisotopic (exact) mass is 173 g/mol. The molecule has 0 bridgehead atoms. The van der Waals surface area contributed by atoms with Gasteiger partial charge in [0.05, 0.1) is 12.6 Å². The first-order chi connectivity index (χ1) is 5.74. The summed E-state index contributed by atoms with van der Waals surface area (Å²) in [5.74, 6) is -0.510. The fourth-order valence-electron chi connectivity index (χ4n) is 1.95. The number of alkyl halides is 1. The predicted molar refractivity (Wildman–Crippen MR) is 40.1 cm³/mol. The molecule has 3 atom stereocenters. The van der Waals surface area contributed by atoms with Crippen molar-refractivity contribution in [3.8, 4) is 0 Å². The summed E-state index contributed by atoms with van der Waals surface area (Å²) in [5, 5.41) is 11.3. The van der Waals surface area contributed by atoms with Crippen LogP contribution in [0.5, 0.6) is 0 Å². The van der Waals surface area contributed by atoms with Gasteiger partial charge in [0.25, 0.3) is 5.91 Å². The quantitative estimate of drug-likeness (QED) is 0.609. The van der Waals surface area contributed by atoms with E-state index >= 15 is 0 Å². The molecule has 1 saturated heterocycles. The van der Waals surface area contributed by atoms with Crippen molar-refractivity contribution < 1.29 is 14.3 Å². The fraction of sp³-hybridized carbons (Fsp3) is 0.875. The minimum Gasteiger partial charge on any atom is -0.394 e. The molecule has 68 valence electrons. The van der Waals surface area contributed by atoms with Crippen LogP contribution in [0.15, 0.2) is 0 Å². The summed E-state index contributed by atoms with van der Waals surface area (Å²) in [5.41, 5.74) is 0. The number of carbonyl (C=O) groups excluding carboxylic acids is 1. The van der Waals surface area contributed by atoms with Gasteiger partial charge in [-0.2, -0.15) is 0 Å².